The predicted octanol–water partition coefficient (Wildman–Crippen LogP) is 3.07. The van der Waals surface area contributed by atoms with Gasteiger partial charge in [-0.3, -0.25) is 9.98 Å². The van der Waals surface area contributed by atoms with E-state index in [1.807, 2.05) is 37.3 Å². The first-order valence-electron chi connectivity index (χ1n) is 9.42. The van der Waals surface area contributed by atoms with Gasteiger partial charge in [0.15, 0.2) is 5.96 Å². The Morgan fingerprint density at radius 1 is 1.00 bits per heavy atom. The number of hydrogen-bond donors (Lipinski definition) is 2. The number of halogens is 1. The Hall–Kier alpha value is -2.23. The second kappa shape index (κ2) is 13.9. The molecule has 29 heavy (non-hydrogen) atoms. The van der Waals surface area contributed by atoms with Crippen LogP contribution < -0.4 is 24.8 Å². The SMILES string of the molecule is CCNC(=NCCc1ccccn1)NCCc1c(OC)cc(OC)cc1OC.I. The van der Waals surface area contributed by atoms with Crippen LogP contribution in [0.4, 0.5) is 0 Å². The number of nitrogens with one attached hydrogen (secondary N) is 2. The molecule has 0 radical (unpaired) electrons. The minimum Gasteiger partial charge on any atom is -0.496 e. The van der Waals surface area contributed by atoms with Crippen LogP contribution in [0.1, 0.15) is 18.2 Å². The fraction of sp³-hybridized carbons (Fsp3) is 0.429. The molecule has 2 N–H and O–H groups in total. The average molecular weight is 514 g/mol. The molecule has 0 amide bonds. The zero-order chi connectivity index (χ0) is 20.2. The van der Waals surface area contributed by atoms with Crippen molar-refractivity contribution in [3.8, 4) is 17.2 Å². The molecule has 0 aliphatic rings. The van der Waals surface area contributed by atoms with Crippen LogP contribution >= 0.6 is 24.0 Å². The Kier molecular flexibility index (Phi) is 11.9. The molecule has 0 saturated carbocycles. The van der Waals surface area contributed by atoms with Gasteiger partial charge in [0, 0.05) is 55.6 Å². The minimum atomic E-state index is 0. The molecule has 0 aliphatic carbocycles. The Bertz CT molecular complexity index is 732. The summed E-state index contributed by atoms with van der Waals surface area (Å²) in [5.41, 5.74) is 2.03. The van der Waals surface area contributed by atoms with E-state index in [0.29, 0.717) is 18.8 Å². The molecule has 0 fully saturated rings. The number of guanidine groups is 1. The van der Waals surface area contributed by atoms with Gasteiger partial charge in [0.25, 0.3) is 0 Å². The van der Waals surface area contributed by atoms with Crippen molar-refractivity contribution >= 4 is 29.9 Å². The van der Waals surface area contributed by atoms with Crippen molar-refractivity contribution in [2.24, 2.45) is 4.99 Å². The molecule has 0 bridgehead atoms. The summed E-state index contributed by atoms with van der Waals surface area (Å²) in [7, 11) is 4.92. The predicted molar refractivity (Wildman–Crippen MR) is 127 cm³/mol. The lowest BCUT2D eigenvalue weighted by molar-refractivity contribution is 0.368. The van der Waals surface area contributed by atoms with Crippen LogP contribution in [-0.4, -0.2) is 51.9 Å². The van der Waals surface area contributed by atoms with Crippen molar-refractivity contribution in [2.45, 2.75) is 19.8 Å². The van der Waals surface area contributed by atoms with Crippen molar-refractivity contribution in [1.82, 2.24) is 15.6 Å². The van der Waals surface area contributed by atoms with E-state index in [9.17, 15) is 0 Å². The van der Waals surface area contributed by atoms with E-state index in [2.05, 4.69) is 20.6 Å². The van der Waals surface area contributed by atoms with Gasteiger partial charge in [-0.1, -0.05) is 6.07 Å². The monoisotopic (exact) mass is 514 g/mol. The molecule has 7 nitrogen and oxygen atoms in total. The van der Waals surface area contributed by atoms with Crippen LogP contribution in [0.5, 0.6) is 17.2 Å². The minimum absolute atomic E-state index is 0. The lowest BCUT2D eigenvalue weighted by Gasteiger charge is -2.16. The summed E-state index contributed by atoms with van der Waals surface area (Å²) in [6.07, 6.45) is 3.33. The second-order valence-corrected chi connectivity index (χ2v) is 6.02. The standard InChI is InChI=1S/C21H30N4O3.HI/c1-5-22-21(24-12-9-16-8-6-7-11-23-16)25-13-10-18-19(27-3)14-17(26-2)15-20(18)28-4;/h6-8,11,14-15H,5,9-10,12-13H2,1-4H3,(H2,22,24,25);1H. The number of methoxy groups -OCH3 is 3. The fourth-order valence-corrected chi connectivity index (χ4v) is 2.80. The number of pyridine rings is 1. The van der Waals surface area contributed by atoms with E-state index in [-0.39, 0.29) is 24.0 Å². The normalized spacial score (nSPS) is 10.7. The van der Waals surface area contributed by atoms with Gasteiger partial charge in [0.05, 0.1) is 21.3 Å². The topological polar surface area (TPSA) is 77.0 Å². The van der Waals surface area contributed by atoms with E-state index in [1.165, 1.54) is 0 Å². The van der Waals surface area contributed by atoms with Crippen LogP contribution in [0, 0.1) is 0 Å². The molecule has 2 rings (SSSR count). The molecule has 0 saturated heterocycles. The van der Waals surface area contributed by atoms with Crippen molar-refractivity contribution in [2.75, 3.05) is 41.0 Å². The van der Waals surface area contributed by atoms with E-state index in [0.717, 1.165) is 48.1 Å². The van der Waals surface area contributed by atoms with Gasteiger partial charge in [0.1, 0.15) is 17.2 Å². The number of ether oxygens (including phenoxy) is 3. The van der Waals surface area contributed by atoms with Gasteiger partial charge in [-0.15, -0.1) is 24.0 Å². The Morgan fingerprint density at radius 3 is 2.28 bits per heavy atom. The summed E-state index contributed by atoms with van der Waals surface area (Å²) in [5.74, 6) is 2.98. The highest BCUT2D eigenvalue weighted by Gasteiger charge is 2.13. The number of nitrogens with zero attached hydrogens (tertiary/aromatic N) is 2. The molecule has 0 unspecified atom stereocenters. The summed E-state index contributed by atoms with van der Waals surface area (Å²) in [4.78, 5) is 8.95. The summed E-state index contributed by atoms with van der Waals surface area (Å²) in [6.45, 7) is 4.20. The molecule has 8 heteroatoms. The Balaban J connectivity index is 0.00000420. The largest absolute Gasteiger partial charge is 0.496 e. The first-order valence-corrected chi connectivity index (χ1v) is 9.42. The van der Waals surface area contributed by atoms with Crippen LogP contribution in [-0.2, 0) is 12.8 Å². The molecular weight excluding hydrogens is 483 g/mol. The number of aromatic nitrogens is 1. The van der Waals surface area contributed by atoms with Crippen LogP contribution in [0.15, 0.2) is 41.5 Å². The van der Waals surface area contributed by atoms with Crippen molar-refractivity contribution in [1.29, 1.82) is 0 Å². The number of aliphatic imine (C=N–C) groups is 1. The fourth-order valence-electron chi connectivity index (χ4n) is 2.80. The third-order valence-electron chi connectivity index (χ3n) is 4.19. The van der Waals surface area contributed by atoms with Crippen LogP contribution in [0.25, 0.3) is 0 Å². The zero-order valence-corrected chi connectivity index (χ0v) is 19.9. The summed E-state index contributed by atoms with van der Waals surface area (Å²) in [5, 5.41) is 6.63. The number of hydrogen-bond acceptors (Lipinski definition) is 5. The zero-order valence-electron chi connectivity index (χ0n) is 17.5. The Morgan fingerprint density at radius 2 is 1.72 bits per heavy atom. The lowest BCUT2D eigenvalue weighted by atomic mass is 10.1. The third-order valence-corrected chi connectivity index (χ3v) is 4.19. The van der Waals surface area contributed by atoms with E-state index < -0.39 is 0 Å². The molecule has 0 aliphatic heterocycles. The molecular formula is C21H31IN4O3. The van der Waals surface area contributed by atoms with Gasteiger partial charge in [0.2, 0.25) is 0 Å². The first-order chi connectivity index (χ1) is 13.7. The first kappa shape index (κ1) is 24.8. The summed E-state index contributed by atoms with van der Waals surface area (Å²) in [6, 6.07) is 9.65. The van der Waals surface area contributed by atoms with Gasteiger partial charge >= 0.3 is 0 Å². The van der Waals surface area contributed by atoms with E-state index in [4.69, 9.17) is 14.2 Å². The quantitative estimate of drug-likeness (QED) is 0.289. The van der Waals surface area contributed by atoms with E-state index in [1.54, 1.807) is 27.5 Å². The lowest BCUT2D eigenvalue weighted by Crippen LogP contribution is -2.38. The highest BCUT2D eigenvalue weighted by Crippen LogP contribution is 2.34. The van der Waals surface area contributed by atoms with Crippen LogP contribution in [0.3, 0.4) is 0 Å². The third kappa shape index (κ3) is 7.96. The average Bonchev–Trinajstić information content (AvgIpc) is 2.74. The molecule has 1 aromatic carbocycles. The number of rotatable bonds is 10. The van der Waals surface area contributed by atoms with Gasteiger partial charge < -0.3 is 24.8 Å². The summed E-state index contributed by atoms with van der Waals surface area (Å²) < 4.78 is 16.3. The van der Waals surface area contributed by atoms with Gasteiger partial charge in [-0.05, 0) is 25.5 Å². The Labute approximate surface area is 190 Å². The maximum absolute atomic E-state index is 5.51. The van der Waals surface area contributed by atoms with Crippen molar-refractivity contribution in [3.63, 3.8) is 0 Å². The highest BCUT2D eigenvalue weighted by molar-refractivity contribution is 14.0. The molecule has 2 aromatic rings. The second-order valence-electron chi connectivity index (χ2n) is 6.02. The smallest absolute Gasteiger partial charge is 0.191 e. The molecule has 160 valence electrons. The molecule has 1 aromatic heterocycles. The maximum atomic E-state index is 5.51. The van der Waals surface area contributed by atoms with E-state index >= 15 is 0 Å². The van der Waals surface area contributed by atoms with Gasteiger partial charge in [-0.25, -0.2) is 0 Å². The summed E-state index contributed by atoms with van der Waals surface area (Å²) >= 11 is 0. The maximum Gasteiger partial charge on any atom is 0.191 e. The number of benzene rings is 1. The van der Waals surface area contributed by atoms with Crippen LogP contribution in [0.2, 0.25) is 0 Å². The van der Waals surface area contributed by atoms with Crippen molar-refractivity contribution in [3.05, 3.63) is 47.8 Å². The molecule has 0 atom stereocenters. The molecule has 0 spiro atoms. The van der Waals surface area contributed by atoms with Gasteiger partial charge in [-0.2, -0.15) is 0 Å². The van der Waals surface area contributed by atoms with Crippen molar-refractivity contribution < 1.29 is 14.2 Å². The highest BCUT2D eigenvalue weighted by atomic mass is 127. The molecule has 1 heterocycles.